The molecule has 16 nitrogen and oxygen atoms in total. The number of rotatable bonds is 30. The molecule has 2 aliphatic rings. The third-order valence-corrected chi connectivity index (χ3v) is 15.9. The van der Waals surface area contributed by atoms with Crippen molar-refractivity contribution in [2.45, 2.75) is 139 Å². The minimum Gasteiger partial charge on any atom is -0.354 e. The maximum Gasteiger partial charge on any atom is 0.233 e. The standard InChI is InChI=1S/C63H80N12O4/c1-9-17-24-40(15-7)36-66-60-70-58(64-34-38(12-4)13-5)72-62(74-60)68-48-32-30-42(50-52(48)56(78)46-28-21-19-26-44(46)54(50)76)43-31-33-49(53-51(43)55(77)45-27-20-22-29-47(45)57(53)79)69-63-73-59(65-35-39(14-6)23-11-3)71-61(75-63)67-37-41(16-8)25-18-10-2/h19-22,26-33,38-41H,9-18,23-25,34-37H2,1-8H3,(H3,64,66,68,70,72,74)(H3,65,67,69,71,73,75). The van der Waals surface area contributed by atoms with Crippen LogP contribution in [0.5, 0.6) is 0 Å². The minimum absolute atomic E-state index is 0.0820. The SMILES string of the molecule is CCCCC(CC)CNc1nc(NCC(CC)CC)nc(Nc2ccc(-c3ccc(Nc4nc(NCC(CC)CCC)nc(NCC(CC)CCCC)n4)c4c3C(=O)c3ccccc3C4=O)c3c2C(=O)c2ccccc2C3=O)n1. The summed E-state index contributed by atoms with van der Waals surface area (Å²) in [6.07, 6.45) is 13.7. The second-order valence-corrected chi connectivity index (χ2v) is 21.2. The largest absolute Gasteiger partial charge is 0.354 e. The second-order valence-electron chi connectivity index (χ2n) is 21.2. The van der Waals surface area contributed by atoms with E-state index in [4.69, 9.17) is 29.9 Å². The summed E-state index contributed by atoms with van der Waals surface area (Å²) < 4.78 is 0. The molecule has 2 heterocycles. The van der Waals surface area contributed by atoms with Gasteiger partial charge in [-0.15, -0.1) is 0 Å². The Bertz CT molecular complexity index is 3140. The molecule has 79 heavy (non-hydrogen) atoms. The van der Waals surface area contributed by atoms with Crippen LogP contribution in [-0.2, 0) is 0 Å². The lowest BCUT2D eigenvalue weighted by Crippen LogP contribution is -2.25. The zero-order chi connectivity index (χ0) is 56.0. The molecular weight excluding hydrogens is 989 g/mol. The summed E-state index contributed by atoms with van der Waals surface area (Å²) in [7, 11) is 0. The van der Waals surface area contributed by atoms with Crippen LogP contribution in [0.2, 0.25) is 0 Å². The van der Waals surface area contributed by atoms with Crippen molar-refractivity contribution in [3.63, 3.8) is 0 Å². The lowest BCUT2D eigenvalue weighted by atomic mass is 9.75. The quantitative estimate of drug-likeness (QED) is 0.0247. The Hall–Kier alpha value is -7.62. The van der Waals surface area contributed by atoms with Crippen molar-refractivity contribution in [1.82, 2.24) is 29.9 Å². The van der Waals surface area contributed by atoms with E-state index >= 15 is 19.2 Å². The van der Waals surface area contributed by atoms with Gasteiger partial charge in [0.25, 0.3) is 0 Å². The van der Waals surface area contributed by atoms with Gasteiger partial charge >= 0.3 is 0 Å². The molecule has 6 aromatic rings. The van der Waals surface area contributed by atoms with Crippen LogP contribution >= 0.6 is 0 Å². The van der Waals surface area contributed by atoms with E-state index in [0.29, 0.717) is 96.1 Å². The molecule has 0 fully saturated rings. The third kappa shape index (κ3) is 13.3. The third-order valence-electron chi connectivity index (χ3n) is 15.9. The highest BCUT2D eigenvalue weighted by Crippen LogP contribution is 2.44. The van der Waals surface area contributed by atoms with Crippen LogP contribution in [0.3, 0.4) is 0 Å². The highest BCUT2D eigenvalue weighted by atomic mass is 16.1. The van der Waals surface area contributed by atoms with Crippen LogP contribution in [0.15, 0.2) is 72.8 Å². The Kier molecular flexibility index (Phi) is 19.9. The number of carbonyl (C=O) groups excluding carboxylic acids is 4. The smallest absolute Gasteiger partial charge is 0.233 e. The number of anilines is 8. The van der Waals surface area contributed by atoms with Gasteiger partial charge < -0.3 is 31.9 Å². The molecule has 3 atom stereocenters. The van der Waals surface area contributed by atoms with Gasteiger partial charge in [-0.2, -0.15) is 29.9 Å². The van der Waals surface area contributed by atoms with Crippen molar-refractivity contribution in [2.75, 3.05) is 58.1 Å². The van der Waals surface area contributed by atoms with E-state index < -0.39 is 23.1 Å². The topological polar surface area (TPSA) is 218 Å². The van der Waals surface area contributed by atoms with Crippen molar-refractivity contribution in [3.8, 4) is 11.1 Å². The van der Waals surface area contributed by atoms with E-state index in [1.165, 1.54) is 0 Å². The zero-order valence-electron chi connectivity index (χ0n) is 47.6. The summed E-state index contributed by atoms with van der Waals surface area (Å²) in [6.45, 7) is 20.1. The molecule has 0 radical (unpaired) electrons. The molecule has 0 saturated heterocycles. The first-order valence-corrected chi connectivity index (χ1v) is 29.2. The van der Waals surface area contributed by atoms with E-state index in [9.17, 15) is 0 Å². The fraction of sp³-hybridized carbons (Fsp3) is 0.460. The normalized spacial score (nSPS) is 13.7. The maximum absolute atomic E-state index is 15.2. The summed E-state index contributed by atoms with van der Waals surface area (Å²) >= 11 is 0. The van der Waals surface area contributed by atoms with E-state index in [2.05, 4.69) is 87.3 Å². The number of ketones is 4. The summed E-state index contributed by atoms with van der Waals surface area (Å²) in [6, 6.07) is 20.4. The minimum atomic E-state index is -0.410. The molecule has 16 heteroatoms. The number of unbranched alkanes of at least 4 members (excludes halogenated alkanes) is 2. The Labute approximate surface area is 466 Å². The molecule has 0 amide bonds. The van der Waals surface area contributed by atoms with Crippen molar-refractivity contribution in [3.05, 3.63) is 117 Å². The number of aromatic nitrogens is 6. The Morgan fingerprint density at radius 3 is 0.949 bits per heavy atom. The number of hydrogen-bond donors (Lipinski definition) is 6. The van der Waals surface area contributed by atoms with Gasteiger partial charge in [-0.25, -0.2) is 0 Å². The van der Waals surface area contributed by atoms with Gasteiger partial charge in [-0.05, 0) is 66.2 Å². The lowest BCUT2D eigenvalue weighted by Gasteiger charge is -2.27. The molecule has 0 bridgehead atoms. The summed E-state index contributed by atoms with van der Waals surface area (Å²) in [5, 5.41) is 20.5. The molecule has 3 unspecified atom stereocenters. The molecule has 0 spiro atoms. The van der Waals surface area contributed by atoms with Gasteiger partial charge in [-0.1, -0.05) is 180 Å². The highest BCUT2D eigenvalue weighted by Gasteiger charge is 2.39. The molecule has 0 saturated carbocycles. The first kappa shape index (κ1) is 57.6. The maximum atomic E-state index is 15.2. The molecule has 4 aromatic carbocycles. The van der Waals surface area contributed by atoms with Gasteiger partial charge in [0.15, 0.2) is 23.1 Å². The van der Waals surface area contributed by atoms with E-state index in [1.807, 2.05) is 0 Å². The Balaban J connectivity index is 1.25. The average molecular weight is 1070 g/mol. The van der Waals surface area contributed by atoms with Gasteiger partial charge in [-0.3, -0.25) is 19.2 Å². The van der Waals surface area contributed by atoms with Crippen LogP contribution in [0.4, 0.5) is 47.1 Å². The second kappa shape index (κ2) is 27.3. The number of benzene rings is 4. The average Bonchev–Trinajstić information content (AvgIpc) is 3.67. The predicted molar refractivity (Wildman–Crippen MR) is 318 cm³/mol. The summed E-state index contributed by atoms with van der Waals surface area (Å²) in [5.74, 6) is 1.92. The molecule has 2 aromatic heterocycles. The van der Waals surface area contributed by atoms with E-state index in [0.717, 1.165) is 83.5 Å². The van der Waals surface area contributed by atoms with Crippen molar-refractivity contribution >= 4 is 70.2 Å². The predicted octanol–water partition coefficient (Wildman–Crippen LogP) is 14.1. The fourth-order valence-corrected chi connectivity index (χ4v) is 10.8. The van der Waals surface area contributed by atoms with Gasteiger partial charge in [0.05, 0.1) is 22.5 Å². The number of fused-ring (bicyclic) bond motifs is 4. The molecule has 2 aliphatic carbocycles. The Morgan fingerprint density at radius 1 is 0.329 bits per heavy atom. The van der Waals surface area contributed by atoms with Gasteiger partial charge in [0.1, 0.15) is 0 Å². The zero-order valence-corrected chi connectivity index (χ0v) is 47.6. The Morgan fingerprint density at radius 2 is 0.633 bits per heavy atom. The number of carbonyl (C=O) groups is 4. The summed E-state index contributed by atoms with van der Waals surface area (Å²) in [4.78, 5) is 89.4. The van der Waals surface area contributed by atoms with Gasteiger partial charge in [0, 0.05) is 59.6 Å². The first-order valence-electron chi connectivity index (χ1n) is 29.2. The molecule has 416 valence electrons. The monoisotopic (exact) mass is 1070 g/mol. The molecule has 8 rings (SSSR count). The van der Waals surface area contributed by atoms with Crippen molar-refractivity contribution < 1.29 is 19.2 Å². The van der Waals surface area contributed by atoms with Crippen molar-refractivity contribution in [2.24, 2.45) is 23.7 Å². The van der Waals surface area contributed by atoms with Crippen molar-refractivity contribution in [1.29, 1.82) is 0 Å². The summed E-state index contributed by atoms with van der Waals surface area (Å²) in [5.41, 5.74) is 2.50. The van der Waals surface area contributed by atoms with Crippen LogP contribution in [0.25, 0.3) is 11.1 Å². The number of nitrogens with zero attached hydrogens (tertiary/aromatic N) is 6. The number of hydrogen-bond acceptors (Lipinski definition) is 16. The lowest BCUT2D eigenvalue weighted by molar-refractivity contribution is 0.0978. The van der Waals surface area contributed by atoms with E-state index in [1.54, 1.807) is 72.8 Å². The van der Waals surface area contributed by atoms with Crippen LogP contribution in [0, 0.1) is 23.7 Å². The molecule has 6 N–H and O–H groups in total. The van der Waals surface area contributed by atoms with Crippen LogP contribution in [-0.4, -0.2) is 79.2 Å². The molecular formula is C63H80N12O4. The molecule has 0 aliphatic heterocycles. The van der Waals surface area contributed by atoms with Gasteiger partial charge in [0.2, 0.25) is 35.7 Å². The fourth-order valence-electron chi connectivity index (χ4n) is 10.8. The highest BCUT2D eigenvalue weighted by molar-refractivity contribution is 6.35. The number of nitrogens with one attached hydrogen (secondary N) is 6. The van der Waals surface area contributed by atoms with E-state index in [-0.39, 0.29) is 56.4 Å². The first-order chi connectivity index (χ1) is 38.5. The van der Waals surface area contributed by atoms with Crippen LogP contribution < -0.4 is 31.9 Å². The van der Waals surface area contributed by atoms with Crippen LogP contribution in [0.1, 0.15) is 203 Å².